The van der Waals surface area contributed by atoms with Crippen LogP contribution in [-0.2, 0) is 6.18 Å². The highest BCUT2D eigenvalue weighted by molar-refractivity contribution is 7.99. The molecule has 8 nitrogen and oxygen atoms in total. The van der Waals surface area contributed by atoms with Crippen LogP contribution in [-0.4, -0.2) is 44.9 Å². The van der Waals surface area contributed by atoms with Gasteiger partial charge in [0.2, 0.25) is 0 Å². The molecule has 14 heteroatoms. The molecule has 3 aromatic carbocycles. The summed E-state index contributed by atoms with van der Waals surface area (Å²) >= 11 is 7.21. The molecule has 0 unspecified atom stereocenters. The predicted molar refractivity (Wildman–Crippen MR) is 176 cm³/mol. The molecule has 2 aromatic heterocycles. The maximum absolute atomic E-state index is 14.0. The summed E-state index contributed by atoms with van der Waals surface area (Å²) in [5, 5.41) is 0.0157. The Balaban J connectivity index is 1.50. The van der Waals surface area contributed by atoms with E-state index in [1.807, 2.05) is 79.5 Å². The summed E-state index contributed by atoms with van der Waals surface area (Å²) in [5.74, 6) is 0.0515. The van der Waals surface area contributed by atoms with Gasteiger partial charge in [-0.1, -0.05) is 86.1 Å². The SMILES string of the molecule is CC(C)(CC[C@@H](CSc1c(Cl)c(C(F)(F)F)cc2c(=O)[nH]c(=O)[nH]c12)Oc1ncccn1)[Si](O)(c1ccccc1)c1ccccc1. The van der Waals surface area contributed by atoms with E-state index in [0.717, 1.165) is 22.1 Å². The fourth-order valence-electron chi connectivity index (χ4n) is 5.45. The van der Waals surface area contributed by atoms with E-state index in [-0.39, 0.29) is 27.6 Å². The van der Waals surface area contributed by atoms with E-state index in [1.54, 1.807) is 6.07 Å². The molecule has 0 bridgehead atoms. The Morgan fingerprint density at radius 2 is 1.54 bits per heavy atom. The highest BCUT2D eigenvalue weighted by atomic mass is 35.5. The van der Waals surface area contributed by atoms with Crippen molar-refractivity contribution < 1.29 is 22.7 Å². The Bertz CT molecular complexity index is 1890. The van der Waals surface area contributed by atoms with E-state index < -0.39 is 47.5 Å². The van der Waals surface area contributed by atoms with Crippen LogP contribution in [0.15, 0.2) is 99.7 Å². The molecule has 0 saturated carbocycles. The van der Waals surface area contributed by atoms with Gasteiger partial charge < -0.3 is 14.5 Å². The Morgan fingerprint density at radius 3 is 2.11 bits per heavy atom. The molecule has 0 aliphatic rings. The summed E-state index contributed by atoms with van der Waals surface area (Å²) in [7, 11) is -3.38. The van der Waals surface area contributed by atoms with Crippen LogP contribution in [0, 0.1) is 0 Å². The Morgan fingerprint density at radius 1 is 0.957 bits per heavy atom. The third-order valence-electron chi connectivity index (χ3n) is 7.92. The number of aromatic nitrogens is 4. The number of H-pyrrole nitrogens is 2. The molecule has 0 fully saturated rings. The molecular weight excluding hydrogens is 657 g/mol. The third kappa shape index (κ3) is 6.92. The number of halogens is 4. The van der Waals surface area contributed by atoms with Crippen LogP contribution >= 0.6 is 23.4 Å². The van der Waals surface area contributed by atoms with Gasteiger partial charge in [-0.05, 0) is 40.4 Å². The molecule has 5 aromatic rings. The van der Waals surface area contributed by atoms with Gasteiger partial charge in [0.1, 0.15) is 6.10 Å². The van der Waals surface area contributed by atoms with E-state index in [4.69, 9.17) is 16.3 Å². The van der Waals surface area contributed by atoms with Crippen LogP contribution < -0.4 is 26.4 Å². The zero-order chi connectivity index (χ0) is 33.1. The summed E-state index contributed by atoms with van der Waals surface area (Å²) in [6, 6.07) is 21.3. The summed E-state index contributed by atoms with van der Waals surface area (Å²) in [4.78, 5) is 49.8. The summed E-state index contributed by atoms with van der Waals surface area (Å²) < 4.78 is 48.0. The van der Waals surface area contributed by atoms with E-state index in [1.165, 1.54) is 12.4 Å². The van der Waals surface area contributed by atoms with Crippen molar-refractivity contribution in [3.8, 4) is 6.01 Å². The smallest absolute Gasteiger partial charge is 0.417 e. The average Bonchev–Trinajstić information content (AvgIpc) is 3.03. The molecule has 0 spiro atoms. The quantitative estimate of drug-likeness (QED) is 0.123. The number of hydrogen-bond donors (Lipinski definition) is 3. The van der Waals surface area contributed by atoms with Crippen LogP contribution in [0.3, 0.4) is 0 Å². The van der Waals surface area contributed by atoms with Gasteiger partial charge in [0.25, 0.3) is 13.9 Å². The van der Waals surface area contributed by atoms with Crippen LogP contribution in [0.1, 0.15) is 32.3 Å². The van der Waals surface area contributed by atoms with Crippen molar-refractivity contribution in [3.63, 3.8) is 0 Å². The molecule has 1 atom stereocenters. The Kier molecular flexibility index (Phi) is 9.77. The molecule has 46 heavy (non-hydrogen) atoms. The lowest BCUT2D eigenvalue weighted by atomic mass is 10.0. The second-order valence-corrected chi connectivity index (χ2v) is 16.7. The molecule has 240 valence electrons. The van der Waals surface area contributed by atoms with Crippen LogP contribution in [0.5, 0.6) is 6.01 Å². The molecule has 5 rings (SSSR count). The van der Waals surface area contributed by atoms with Crippen LogP contribution in [0.25, 0.3) is 10.9 Å². The van der Waals surface area contributed by atoms with Crippen molar-refractivity contribution in [3.05, 3.63) is 117 Å². The van der Waals surface area contributed by atoms with Crippen molar-refractivity contribution in [1.82, 2.24) is 19.9 Å². The first kappa shape index (κ1) is 33.5. The normalized spacial score (nSPS) is 13.1. The lowest BCUT2D eigenvalue weighted by Crippen LogP contribution is -2.65. The minimum Gasteiger partial charge on any atom is -0.459 e. The largest absolute Gasteiger partial charge is 0.459 e. The van der Waals surface area contributed by atoms with Gasteiger partial charge in [0.15, 0.2) is 0 Å². The number of thioether (sulfide) groups is 1. The number of nitrogens with zero attached hydrogens (tertiary/aromatic N) is 2. The van der Waals surface area contributed by atoms with E-state index >= 15 is 0 Å². The van der Waals surface area contributed by atoms with Gasteiger partial charge in [-0.15, -0.1) is 11.8 Å². The molecule has 0 aliphatic heterocycles. The number of nitrogens with one attached hydrogen (secondary N) is 2. The summed E-state index contributed by atoms with van der Waals surface area (Å²) in [6.07, 6.45) is -1.73. The second kappa shape index (κ2) is 13.4. The molecule has 0 amide bonds. The fourth-order valence-corrected chi connectivity index (χ4v) is 10.8. The Hall–Kier alpha value is -3.91. The van der Waals surface area contributed by atoms with Gasteiger partial charge in [-0.3, -0.25) is 9.78 Å². The number of aromatic amines is 2. The van der Waals surface area contributed by atoms with Gasteiger partial charge >= 0.3 is 17.9 Å². The van der Waals surface area contributed by atoms with Crippen LogP contribution in [0.4, 0.5) is 13.2 Å². The molecule has 0 saturated heterocycles. The zero-order valence-corrected chi connectivity index (χ0v) is 27.3. The summed E-state index contributed by atoms with van der Waals surface area (Å²) in [5.41, 5.74) is -3.16. The first-order valence-corrected chi connectivity index (χ1v) is 17.6. The molecule has 2 heterocycles. The van der Waals surface area contributed by atoms with Gasteiger partial charge in [0, 0.05) is 18.1 Å². The minimum absolute atomic E-state index is 0.0515. The summed E-state index contributed by atoms with van der Waals surface area (Å²) in [6.45, 7) is 3.99. The van der Waals surface area contributed by atoms with Gasteiger partial charge in [-0.25, -0.2) is 14.8 Å². The lowest BCUT2D eigenvalue weighted by molar-refractivity contribution is -0.137. The Labute approximate surface area is 272 Å². The number of ether oxygens (including phenoxy) is 1. The number of benzene rings is 3. The maximum Gasteiger partial charge on any atom is 0.417 e. The van der Waals surface area contributed by atoms with Crippen molar-refractivity contribution >= 4 is 53.0 Å². The fraction of sp³-hybridized carbons (Fsp3) is 0.250. The zero-order valence-electron chi connectivity index (χ0n) is 24.8. The first-order valence-electron chi connectivity index (χ1n) is 14.3. The first-order chi connectivity index (χ1) is 21.8. The van der Waals surface area contributed by atoms with E-state index in [9.17, 15) is 27.6 Å². The van der Waals surface area contributed by atoms with Gasteiger partial charge in [-0.2, -0.15) is 13.2 Å². The average molecular weight is 687 g/mol. The van der Waals surface area contributed by atoms with Crippen molar-refractivity contribution in [2.75, 3.05) is 5.75 Å². The molecular formula is C32H30ClF3N4O4SSi. The predicted octanol–water partition coefficient (Wildman–Crippen LogP) is 5.53. The van der Waals surface area contributed by atoms with Crippen molar-refractivity contribution in [2.45, 2.75) is 48.9 Å². The molecule has 3 N–H and O–H groups in total. The number of rotatable bonds is 11. The van der Waals surface area contributed by atoms with Crippen molar-refractivity contribution in [1.29, 1.82) is 0 Å². The van der Waals surface area contributed by atoms with Gasteiger partial charge in [0.05, 0.1) is 26.4 Å². The van der Waals surface area contributed by atoms with Crippen molar-refractivity contribution in [2.24, 2.45) is 0 Å². The molecule has 0 aliphatic carbocycles. The van der Waals surface area contributed by atoms with Crippen LogP contribution in [0.2, 0.25) is 10.1 Å². The number of fused-ring (bicyclic) bond motifs is 1. The standard InChI is InChI=1S/C32H30ClF3N4O4SSi/c1-31(2,46(43,21-10-5-3-6-11-21)22-12-7-4-8-13-22)15-14-20(44-30-37-16-9-17-38-30)19-45-27-25(33)24(32(34,35)36)18-23-26(27)39-29(42)40-28(23)41/h3-13,16-18,20,43H,14-15,19H2,1-2H3,(H2,39,40,41,42)/t20-/m0/s1. The third-order valence-corrected chi connectivity index (χ3v) is 14.2. The second-order valence-electron chi connectivity index (χ2n) is 11.3. The highest BCUT2D eigenvalue weighted by Gasteiger charge is 2.49. The van der Waals surface area contributed by atoms with E-state index in [2.05, 4.69) is 15.0 Å². The topological polar surface area (TPSA) is 121 Å². The minimum atomic E-state index is -4.86. The highest BCUT2D eigenvalue weighted by Crippen LogP contribution is 2.44. The monoisotopic (exact) mass is 686 g/mol. The number of hydrogen-bond acceptors (Lipinski definition) is 7. The van der Waals surface area contributed by atoms with E-state index in [0.29, 0.717) is 18.9 Å². The molecule has 0 radical (unpaired) electrons. The maximum atomic E-state index is 14.0. The number of alkyl halides is 3. The lowest BCUT2D eigenvalue weighted by Gasteiger charge is -2.42.